The first-order valence-corrected chi connectivity index (χ1v) is 4.83. The number of halogens is 3. The van der Waals surface area contributed by atoms with Crippen molar-refractivity contribution >= 4 is 0 Å². The molecule has 5 heteroatoms. The zero-order valence-electron chi connectivity index (χ0n) is 8.22. The number of alkyl halides is 3. The molecule has 14 heavy (non-hydrogen) atoms. The third kappa shape index (κ3) is 3.84. The largest absolute Gasteiger partial charge is 0.393 e. The Kier molecular flexibility index (Phi) is 3.78. The van der Waals surface area contributed by atoms with Crippen molar-refractivity contribution in [2.75, 3.05) is 13.6 Å². The highest BCUT2D eigenvalue weighted by Gasteiger charge is 2.30. The van der Waals surface area contributed by atoms with Crippen molar-refractivity contribution in [3.05, 3.63) is 0 Å². The van der Waals surface area contributed by atoms with E-state index in [4.69, 9.17) is 0 Å². The van der Waals surface area contributed by atoms with Gasteiger partial charge in [-0.1, -0.05) is 0 Å². The highest BCUT2D eigenvalue weighted by atomic mass is 19.4. The molecule has 1 fully saturated rings. The SMILES string of the molecule is CN(CCC(F)(F)F)C1CCC(O)C1. The third-order valence-electron chi connectivity index (χ3n) is 2.75. The number of aliphatic hydroxyl groups is 1. The first kappa shape index (κ1) is 11.8. The van der Waals surface area contributed by atoms with Gasteiger partial charge in [0.2, 0.25) is 0 Å². The number of aliphatic hydroxyl groups excluding tert-OH is 1. The molecule has 0 amide bonds. The van der Waals surface area contributed by atoms with Crippen LogP contribution in [0, 0.1) is 0 Å². The minimum Gasteiger partial charge on any atom is -0.393 e. The predicted octanol–water partition coefficient (Wildman–Crippen LogP) is 1.78. The van der Waals surface area contributed by atoms with Crippen molar-refractivity contribution in [3.63, 3.8) is 0 Å². The molecule has 2 nitrogen and oxygen atoms in total. The molecule has 1 aliphatic carbocycles. The van der Waals surface area contributed by atoms with Gasteiger partial charge < -0.3 is 10.0 Å². The van der Waals surface area contributed by atoms with Gasteiger partial charge in [0.1, 0.15) is 0 Å². The van der Waals surface area contributed by atoms with Crippen molar-refractivity contribution < 1.29 is 18.3 Å². The van der Waals surface area contributed by atoms with Crippen molar-refractivity contribution in [2.24, 2.45) is 0 Å². The minimum atomic E-state index is -4.08. The van der Waals surface area contributed by atoms with Gasteiger partial charge in [0.25, 0.3) is 0 Å². The summed E-state index contributed by atoms with van der Waals surface area (Å²) in [4.78, 5) is 1.70. The van der Waals surface area contributed by atoms with E-state index < -0.39 is 12.6 Å². The van der Waals surface area contributed by atoms with Gasteiger partial charge in [-0.15, -0.1) is 0 Å². The number of rotatable bonds is 3. The topological polar surface area (TPSA) is 23.5 Å². The van der Waals surface area contributed by atoms with E-state index >= 15 is 0 Å². The second-order valence-electron chi connectivity index (χ2n) is 3.97. The van der Waals surface area contributed by atoms with Gasteiger partial charge in [-0.25, -0.2) is 0 Å². The number of nitrogens with zero attached hydrogens (tertiary/aromatic N) is 1. The highest BCUT2D eigenvalue weighted by molar-refractivity contribution is 4.81. The Bertz CT molecular complexity index is 183. The van der Waals surface area contributed by atoms with Gasteiger partial charge in [0.05, 0.1) is 12.5 Å². The smallest absolute Gasteiger partial charge is 0.390 e. The van der Waals surface area contributed by atoms with Crippen LogP contribution >= 0.6 is 0 Å². The summed E-state index contributed by atoms with van der Waals surface area (Å²) < 4.78 is 35.7. The predicted molar refractivity (Wildman–Crippen MR) is 46.9 cm³/mol. The maximum atomic E-state index is 11.9. The molecule has 0 spiro atoms. The van der Waals surface area contributed by atoms with Crippen molar-refractivity contribution in [3.8, 4) is 0 Å². The maximum Gasteiger partial charge on any atom is 0.390 e. The summed E-state index contributed by atoms with van der Waals surface area (Å²) in [5.74, 6) is 0. The summed E-state index contributed by atoms with van der Waals surface area (Å²) in [6.07, 6.45) is -3.06. The van der Waals surface area contributed by atoms with Gasteiger partial charge in [-0.3, -0.25) is 0 Å². The van der Waals surface area contributed by atoms with Crippen molar-refractivity contribution in [2.45, 2.75) is 44.0 Å². The monoisotopic (exact) mass is 211 g/mol. The maximum absolute atomic E-state index is 11.9. The quantitative estimate of drug-likeness (QED) is 0.769. The van der Waals surface area contributed by atoms with Gasteiger partial charge in [-0.2, -0.15) is 13.2 Å². The summed E-state index contributed by atoms with van der Waals surface area (Å²) in [5.41, 5.74) is 0. The number of hydrogen-bond acceptors (Lipinski definition) is 2. The lowest BCUT2D eigenvalue weighted by atomic mass is 10.2. The van der Waals surface area contributed by atoms with E-state index in [1.165, 1.54) is 0 Å². The first-order chi connectivity index (χ1) is 6.38. The fourth-order valence-corrected chi connectivity index (χ4v) is 1.82. The molecule has 0 bridgehead atoms. The van der Waals surface area contributed by atoms with Crippen molar-refractivity contribution in [1.82, 2.24) is 4.90 Å². The van der Waals surface area contributed by atoms with Crippen LogP contribution in [-0.4, -0.2) is 41.9 Å². The zero-order chi connectivity index (χ0) is 10.8. The van der Waals surface area contributed by atoms with Gasteiger partial charge >= 0.3 is 6.18 Å². The van der Waals surface area contributed by atoms with E-state index in [0.717, 1.165) is 6.42 Å². The molecule has 2 unspecified atom stereocenters. The lowest BCUT2D eigenvalue weighted by Gasteiger charge is -2.24. The molecule has 1 aliphatic rings. The fourth-order valence-electron chi connectivity index (χ4n) is 1.82. The lowest BCUT2D eigenvalue weighted by molar-refractivity contribution is -0.138. The summed E-state index contributed by atoms with van der Waals surface area (Å²) in [7, 11) is 1.69. The molecule has 0 aromatic heterocycles. The molecule has 0 aromatic rings. The number of hydrogen-bond donors (Lipinski definition) is 1. The summed E-state index contributed by atoms with van der Waals surface area (Å²) in [6.45, 7) is 0.0287. The molecule has 0 heterocycles. The third-order valence-corrected chi connectivity index (χ3v) is 2.75. The Morgan fingerprint density at radius 2 is 2.00 bits per heavy atom. The van der Waals surface area contributed by atoms with E-state index in [-0.39, 0.29) is 18.7 Å². The van der Waals surface area contributed by atoms with E-state index in [9.17, 15) is 18.3 Å². The average Bonchev–Trinajstić information content (AvgIpc) is 2.46. The van der Waals surface area contributed by atoms with Gasteiger partial charge in [0.15, 0.2) is 0 Å². The van der Waals surface area contributed by atoms with E-state index in [1.54, 1.807) is 11.9 Å². The van der Waals surface area contributed by atoms with E-state index in [2.05, 4.69) is 0 Å². The Morgan fingerprint density at radius 1 is 1.36 bits per heavy atom. The molecule has 1 rings (SSSR count). The Balaban J connectivity index is 2.25. The molecule has 84 valence electrons. The molecule has 0 aliphatic heterocycles. The average molecular weight is 211 g/mol. The van der Waals surface area contributed by atoms with Crippen LogP contribution in [0.2, 0.25) is 0 Å². The van der Waals surface area contributed by atoms with Crippen LogP contribution < -0.4 is 0 Å². The fraction of sp³-hybridized carbons (Fsp3) is 1.00. The first-order valence-electron chi connectivity index (χ1n) is 4.83. The van der Waals surface area contributed by atoms with E-state index in [1.807, 2.05) is 0 Å². The summed E-state index contributed by atoms with van der Waals surface area (Å²) in [6, 6.07) is 0.118. The van der Waals surface area contributed by atoms with Crippen LogP contribution in [-0.2, 0) is 0 Å². The van der Waals surface area contributed by atoms with Gasteiger partial charge in [-0.05, 0) is 26.3 Å². The normalized spacial score (nSPS) is 28.7. The zero-order valence-corrected chi connectivity index (χ0v) is 8.22. The molecule has 1 saturated carbocycles. The van der Waals surface area contributed by atoms with Crippen molar-refractivity contribution in [1.29, 1.82) is 0 Å². The van der Waals surface area contributed by atoms with Crippen LogP contribution in [0.25, 0.3) is 0 Å². The standard InChI is InChI=1S/C9H16F3NO/c1-13(5-4-9(10,11)12)7-2-3-8(14)6-7/h7-8,14H,2-6H2,1H3. The highest BCUT2D eigenvalue weighted by Crippen LogP contribution is 2.25. The van der Waals surface area contributed by atoms with Crippen LogP contribution in [0.15, 0.2) is 0 Å². The molecule has 0 radical (unpaired) electrons. The minimum absolute atomic E-state index is 0.0287. The van der Waals surface area contributed by atoms with Gasteiger partial charge in [0, 0.05) is 12.6 Å². The molecule has 2 atom stereocenters. The Hall–Kier alpha value is -0.290. The molecular formula is C9H16F3NO. The molecule has 0 saturated heterocycles. The second kappa shape index (κ2) is 4.49. The van der Waals surface area contributed by atoms with Crippen LogP contribution in [0.3, 0.4) is 0 Å². The Labute approximate surface area is 81.7 Å². The molecular weight excluding hydrogens is 195 g/mol. The second-order valence-corrected chi connectivity index (χ2v) is 3.97. The van der Waals surface area contributed by atoms with E-state index in [0.29, 0.717) is 12.8 Å². The van der Waals surface area contributed by atoms with Crippen LogP contribution in [0.1, 0.15) is 25.7 Å². The molecule has 1 N–H and O–H groups in total. The molecule has 0 aromatic carbocycles. The Morgan fingerprint density at radius 3 is 2.43 bits per heavy atom. The summed E-state index contributed by atoms with van der Waals surface area (Å²) in [5, 5.41) is 9.23. The lowest BCUT2D eigenvalue weighted by Crippen LogP contribution is -2.33. The van der Waals surface area contributed by atoms with Crippen LogP contribution in [0.4, 0.5) is 13.2 Å². The van der Waals surface area contributed by atoms with Crippen LogP contribution in [0.5, 0.6) is 0 Å². The summed E-state index contributed by atoms with van der Waals surface area (Å²) >= 11 is 0.